The van der Waals surface area contributed by atoms with Gasteiger partial charge in [-0.25, -0.2) is 0 Å². The quantitative estimate of drug-likeness (QED) is 0.578. The molecule has 25 heavy (non-hydrogen) atoms. The lowest BCUT2D eigenvalue weighted by Gasteiger charge is -2.22. The first kappa shape index (κ1) is 19.4. The molecule has 0 aliphatic carbocycles. The molecule has 3 nitrogen and oxygen atoms in total. The highest BCUT2D eigenvalue weighted by atomic mass is 32.2. The topological polar surface area (TPSA) is 38.3 Å². The first-order valence-corrected chi connectivity index (χ1v) is 9.47. The van der Waals surface area contributed by atoms with Crippen LogP contribution in [0.2, 0.25) is 0 Å². The predicted molar refractivity (Wildman–Crippen MR) is 105 cm³/mol. The number of thioether (sulfide) groups is 1. The van der Waals surface area contributed by atoms with E-state index in [1.165, 1.54) is 5.56 Å². The Bertz CT molecular complexity index is 680. The molecule has 0 aliphatic rings. The van der Waals surface area contributed by atoms with Gasteiger partial charge >= 0.3 is 0 Å². The number of para-hydroxylation sites is 1. The second-order valence-electron chi connectivity index (χ2n) is 6.96. The Morgan fingerprint density at radius 2 is 1.72 bits per heavy atom. The molecule has 134 valence electrons. The van der Waals surface area contributed by atoms with Gasteiger partial charge in [0.25, 0.3) is 0 Å². The maximum atomic E-state index is 12.2. The van der Waals surface area contributed by atoms with Gasteiger partial charge in [-0.05, 0) is 36.1 Å². The zero-order valence-corrected chi connectivity index (χ0v) is 16.2. The number of amides is 1. The molecule has 0 heterocycles. The second kappa shape index (κ2) is 8.95. The van der Waals surface area contributed by atoms with Crippen LogP contribution < -0.4 is 10.1 Å². The van der Waals surface area contributed by atoms with Crippen molar-refractivity contribution in [3.05, 3.63) is 60.2 Å². The van der Waals surface area contributed by atoms with Crippen molar-refractivity contribution in [1.82, 2.24) is 5.32 Å². The van der Waals surface area contributed by atoms with Crippen LogP contribution >= 0.6 is 11.8 Å². The van der Waals surface area contributed by atoms with Gasteiger partial charge in [0.15, 0.2) is 0 Å². The fourth-order valence-electron chi connectivity index (χ4n) is 2.45. The Balaban J connectivity index is 1.79. The zero-order valence-electron chi connectivity index (χ0n) is 15.4. The van der Waals surface area contributed by atoms with Crippen molar-refractivity contribution in [3.8, 4) is 5.75 Å². The molecule has 4 heteroatoms. The van der Waals surface area contributed by atoms with E-state index in [1.807, 2.05) is 55.5 Å². The van der Waals surface area contributed by atoms with E-state index in [0.29, 0.717) is 13.2 Å². The van der Waals surface area contributed by atoms with Crippen LogP contribution in [0.5, 0.6) is 5.75 Å². The molecule has 1 amide bonds. The normalized spacial score (nSPS) is 12.5. The summed E-state index contributed by atoms with van der Waals surface area (Å²) in [4.78, 5) is 13.3. The van der Waals surface area contributed by atoms with Crippen LogP contribution in [0.1, 0.15) is 33.3 Å². The van der Waals surface area contributed by atoms with Crippen LogP contribution in [0.4, 0.5) is 0 Å². The van der Waals surface area contributed by atoms with E-state index in [-0.39, 0.29) is 16.6 Å². The first-order chi connectivity index (χ1) is 11.9. The van der Waals surface area contributed by atoms with Gasteiger partial charge in [-0.15, -0.1) is 11.8 Å². The molecular weight excluding hydrogens is 330 g/mol. The van der Waals surface area contributed by atoms with Gasteiger partial charge in [-0.2, -0.15) is 0 Å². The molecule has 0 saturated carbocycles. The van der Waals surface area contributed by atoms with Gasteiger partial charge < -0.3 is 10.1 Å². The highest BCUT2D eigenvalue weighted by molar-refractivity contribution is 8.00. The third kappa shape index (κ3) is 6.13. The number of rotatable bonds is 7. The summed E-state index contributed by atoms with van der Waals surface area (Å²) in [5.74, 6) is 0.914. The van der Waals surface area contributed by atoms with E-state index in [2.05, 4.69) is 32.2 Å². The molecule has 0 fully saturated rings. The Hall–Kier alpha value is -1.94. The fourth-order valence-corrected chi connectivity index (χ4v) is 3.36. The van der Waals surface area contributed by atoms with E-state index in [0.717, 1.165) is 10.6 Å². The Morgan fingerprint density at radius 3 is 2.40 bits per heavy atom. The standard InChI is InChI=1S/C21H27NO2S/c1-16(25-17-10-6-5-7-11-17)20(23)22-14-15-24-19-13-9-8-12-18(19)21(2,3)4/h5-13,16H,14-15H2,1-4H3,(H,22,23)/t16-/m1/s1. The Labute approximate surface area is 155 Å². The van der Waals surface area contributed by atoms with Gasteiger partial charge in [0.05, 0.1) is 11.8 Å². The number of carbonyl (C=O) groups is 1. The largest absolute Gasteiger partial charge is 0.491 e. The van der Waals surface area contributed by atoms with Gasteiger partial charge in [0.1, 0.15) is 12.4 Å². The molecule has 1 N–H and O–H groups in total. The van der Waals surface area contributed by atoms with E-state index in [1.54, 1.807) is 11.8 Å². The Kier molecular flexibility index (Phi) is 6.94. The molecule has 1 atom stereocenters. The summed E-state index contributed by atoms with van der Waals surface area (Å²) in [5.41, 5.74) is 1.20. The lowest BCUT2D eigenvalue weighted by atomic mass is 9.86. The van der Waals surface area contributed by atoms with Crippen LogP contribution in [0.25, 0.3) is 0 Å². The summed E-state index contributed by atoms with van der Waals surface area (Å²) < 4.78 is 5.89. The smallest absolute Gasteiger partial charge is 0.233 e. The summed E-state index contributed by atoms with van der Waals surface area (Å²) >= 11 is 1.56. The number of hydrogen-bond acceptors (Lipinski definition) is 3. The zero-order chi connectivity index (χ0) is 18.3. The van der Waals surface area contributed by atoms with E-state index in [4.69, 9.17) is 4.74 Å². The SMILES string of the molecule is C[C@@H](Sc1ccccc1)C(=O)NCCOc1ccccc1C(C)(C)C. The highest BCUT2D eigenvalue weighted by Crippen LogP contribution is 2.30. The second-order valence-corrected chi connectivity index (χ2v) is 8.37. The molecule has 0 aliphatic heterocycles. The van der Waals surface area contributed by atoms with Gasteiger partial charge in [-0.3, -0.25) is 4.79 Å². The van der Waals surface area contributed by atoms with Crippen molar-refractivity contribution >= 4 is 17.7 Å². The van der Waals surface area contributed by atoms with Gasteiger partial charge in [0, 0.05) is 4.90 Å². The maximum Gasteiger partial charge on any atom is 0.233 e. The summed E-state index contributed by atoms with van der Waals surface area (Å²) in [6.07, 6.45) is 0. The van der Waals surface area contributed by atoms with Crippen molar-refractivity contribution in [1.29, 1.82) is 0 Å². The summed E-state index contributed by atoms with van der Waals surface area (Å²) in [5, 5.41) is 2.81. The predicted octanol–water partition coefficient (Wildman–Crippen LogP) is 4.66. The fraction of sp³-hybridized carbons (Fsp3) is 0.381. The van der Waals surface area contributed by atoms with Crippen LogP contribution in [-0.2, 0) is 10.2 Å². The number of hydrogen-bond donors (Lipinski definition) is 1. The number of benzene rings is 2. The molecule has 0 unspecified atom stereocenters. The molecule has 0 saturated heterocycles. The van der Waals surface area contributed by atoms with Crippen molar-refractivity contribution in [3.63, 3.8) is 0 Å². The lowest BCUT2D eigenvalue weighted by molar-refractivity contribution is -0.120. The average molecular weight is 358 g/mol. The summed E-state index contributed by atoms with van der Waals surface area (Å²) in [7, 11) is 0. The first-order valence-electron chi connectivity index (χ1n) is 8.59. The van der Waals surface area contributed by atoms with Crippen molar-refractivity contribution in [2.75, 3.05) is 13.2 Å². The molecule has 2 rings (SSSR count). The maximum absolute atomic E-state index is 12.2. The average Bonchev–Trinajstić information content (AvgIpc) is 2.59. The minimum absolute atomic E-state index is 0.0285. The van der Waals surface area contributed by atoms with Crippen LogP contribution in [-0.4, -0.2) is 24.3 Å². The summed E-state index contributed by atoms with van der Waals surface area (Å²) in [6.45, 7) is 9.37. The number of carbonyl (C=O) groups excluding carboxylic acids is 1. The Morgan fingerprint density at radius 1 is 1.08 bits per heavy atom. The van der Waals surface area contributed by atoms with Crippen LogP contribution in [0.15, 0.2) is 59.5 Å². The van der Waals surface area contributed by atoms with Crippen LogP contribution in [0.3, 0.4) is 0 Å². The van der Waals surface area contributed by atoms with Gasteiger partial charge in [0.2, 0.25) is 5.91 Å². The summed E-state index contributed by atoms with van der Waals surface area (Å²) in [6, 6.07) is 18.0. The molecule has 0 bridgehead atoms. The molecular formula is C21H27NO2S. The number of nitrogens with one attached hydrogen (secondary N) is 1. The molecule has 0 aromatic heterocycles. The van der Waals surface area contributed by atoms with Crippen molar-refractivity contribution in [2.45, 2.75) is 43.3 Å². The molecule has 0 spiro atoms. The molecule has 0 radical (unpaired) electrons. The third-order valence-corrected chi connectivity index (χ3v) is 4.89. The van der Waals surface area contributed by atoms with Crippen molar-refractivity contribution < 1.29 is 9.53 Å². The monoisotopic (exact) mass is 357 g/mol. The van der Waals surface area contributed by atoms with E-state index < -0.39 is 0 Å². The lowest BCUT2D eigenvalue weighted by Crippen LogP contribution is -2.34. The minimum atomic E-state index is -0.135. The van der Waals surface area contributed by atoms with Crippen LogP contribution in [0, 0.1) is 0 Å². The van der Waals surface area contributed by atoms with Crippen molar-refractivity contribution in [2.24, 2.45) is 0 Å². The van der Waals surface area contributed by atoms with Gasteiger partial charge in [-0.1, -0.05) is 57.2 Å². The molecule has 2 aromatic rings. The van der Waals surface area contributed by atoms with E-state index in [9.17, 15) is 4.79 Å². The number of ether oxygens (including phenoxy) is 1. The highest BCUT2D eigenvalue weighted by Gasteiger charge is 2.18. The van der Waals surface area contributed by atoms with E-state index >= 15 is 0 Å². The third-order valence-electron chi connectivity index (χ3n) is 3.78. The molecule has 2 aromatic carbocycles. The minimum Gasteiger partial charge on any atom is -0.491 e.